The number of ether oxygens (including phenoxy) is 2. The van der Waals surface area contributed by atoms with Crippen molar-refractivity contribution in [2.24, 2.45) is 0 Å². The Morgan fingerprint density at radius 1 is 1.00 bits per heavy atom. The summed E-state index contributed by atoms with van der Waals surface area (Å²) in [4.78, 5) is 27.0. The third-order valence-electron chi connectivity index (χ3n) is 1.79. The van der Waals surface area contributed by atoms with Crippen molar-refractivity contribution in [1.29, 1.82) is 0 Å². The lowest BCUT2D eigenvalue weighted by Gasteiger charge is -2.13. The molecule has 0 aromatic heterocycles. The second-order valence-corrected chi connectivity index (χ2v) is 5.93. The van der Waals surface area contributed by atoms with Crippen LogP contribution in [0.2, 0.25) is 0 Å². The first-order valence-corrected chi connectivity index (χ1v) is 7.97. The zero-order valence-electron chi connectivity index (χ0n) is 9.77. The average Bonchev–Trinajstić information content (AvgIpc) is 2.41. The van der Waals surface area contributed by atoms with Crippen molar-refractivity contribution < 1.29 is 19.1 Å². The molecule has 6 nitrogen and oxygen atoms in total. The van der Waals surface area contributed by atoms with Crippen molar-refractivity contribution in [3.63, 3.8) is 0 Å². The Labute approximate surface area is 123 Å². The Morgan fingerprint density at radius 2 is 1.33 bits per heavy atom. The average molecular weight is 337 g/mol. The summed E-state index contributed by atoms with van der Waals surface area (Å²) in [5.74, 6) is -0.0928. The second kappa shape index (κ2) is 11.0. The van der Waals surface area contributed by atoms with Gasteiger partial charge in [0.25, 0.3) is 0 Å². The van der Waals surface area contributed by atoms with Crippen molar-refractivity contribution in [1.82, 2.24) is 9.67 Å². The van der Waals surface area contributed by atoms with Crippen LogP contribution in [0.15, 0.2) is 0 Å². The van der Waals surface area contributed by atoms with Gasteiger partial charge in [0.1, 0.15) is 12.1 Å². The number of esters is 2. The molecule has 0 bridgehead atoms. The van der Waals surface area contributed by atoms with E-state index in [2.05, 4.69) is 19.1 Å². The maximum atomic E-state index is 11.2. The van der Waals surface area contributed by atoms with Gasteiger partial charge in [-0.15, -0.1) is 0 Å². The van der Waals surface area contributed by atoms with Crippen molar-refractivity contribution in [3.05, 3.63) is 0 Å². The number of rotatable bonds is 9. The van der Waals surface area contributed by atoms with E-state index in [0.29, 0.717) is 11.5 Å². The summed E-state index contributed by atoms with van der Waals surface area (Å²) in [7, 11) is 5.30. The van der Waals surface area contributed by atoms with Crippen molar-refractivity contribution >= 4 is 57.1 Å². The molecule has 0 radical (unpaired) electrons. The van der Waals surface area contributed by atoms with Crippen LogP contribution in [0.1, 0.15) is 0 Å². The Bertz CT molecular complexity index is 247. The molecule has 0 aromatic carbocycles. The first kappa shape index (κ1) is 18.1. The Kier molecular flexibility index (Phi) is 11.1. The molecule has 0 fully saturated rings. The van der Waals surface area contributed by atoms with Gasteiger partial charge in [-0.05, 0) is 23.6 Å². The van der Waals surface area contributed by atoms with E-state index in [1.165, 1.54) is 35.8 Å². The van der Waals surface area contributed by atoms with Crippen molar-refractivity contribution in [2.45, 2.75) is 12.1 Å². The normalized spacial score (nSPS) is 13.8. The SMILES string of the molecule is COC(=O)C(CSSCC(NCl)C(=O)OC)NCl. The number of methoxy groups -OCH3 is 2. The van der Waals surface area contributed by atoms with Gasteiger partial charge in [-0.3, -0.25) is 9.59 Å². The van der Waals surface area contributed by atoms with Crippen LogP contribution < -0.4 is 9.67 Å². The summed E-state index contributed by atoms with van der Waals surface area (Å²) < 4.78 is 9.08. The molecule has 0 spiro atoms. The molecule has 0 rings (SSSR count). The molecule has 0 aliphatic heterocycles. The minimum absolute atomic E-state index is 0.400. The highest BCUT2D eigenvalue weighted by Crippen LogP contribution is 2.23. The van der Waals surface area contributed by atoms with E-state index in [-0.39, 0.29) is 0 Å². The summed E-state index contributed by atoms with van der Waals surface area (Å²) >= 11 is 10.8. The fourth-order valence-electron chi connectivity index (χ4n) is 0.805. The zero-order valence-corrected chi connectivity index (χ0v) is 12.9. The molecule has 10 heteroatoms. The zero-order chi connectivity index (χ0) is 14.0. The van der Waals surface area contributed by atoms with Crippen LogP contribution in [-0.2, 0) is 19.1 Å². The smallest absolute Gasteiger partial charge is 0.325 e. The third-order valence-corrected chi connectivity index (χ3v) is 4.74. The topological polar surface area (TPSA) is 76.7 Å². The standard InChI is InChI=1S/C8H14Cl2N2O4S2/c1-15-7(13)5(11-9)3-17-18-4-6(12-10)8(14)16-2/h5-6,11-12H,3-4H2,1-2H3. The minimum atomic E-state index is -0.602. The van der Waals surface area contributed by atoms with Crippen LogP contribution in [0.25, 0.3) is 0 Å². The Balaban J connectivity index is 3.89. The molecule has 0 aliphatic rings. The summed E-state index contributed by atoms with van der Waals surface area (Å²) in [5, 5.41) is 0. The quantitative estimate of drug-likeness (QED) is 0.279. The van der Waals surface area contributed by atoms with E-state index in [4.69, 9.17) is 23.6 Å². The molecular weight excluding hydrogens is 323 g/mol. The van der Waals surface area contributed by atoms with Crippen molar-refractivity contribution in [3.8, 4) is 0 Å². The number of hydrogen-bond acceptors (Lipinski definition) is 8. The first-order valence-electron chi connectivity index (χ1n) is 4.73. The highest BCUT2D eigenvalue weighted by atomic mass is 35.5. The van der Waals surface area contributed by atoms with E-state index >= 15 is 0 Å². The molecule has 0 heterocycles. The predicted octanol–water partition coefficient (Wildman–Crippen LogP) is 0.938. The Hall–Kier alpha value is 0.140. The van der Waals surface area contributed by atoms with E-state index in [0.717, 1.165) is 0 Å². The van der Waals surface area contributed by atoms with Gasteiger partial charge in [-0.25, -0.2) is 9.67 Å². The fraction of sp³-hybridized carbons (Fsp3) is 0.750. The molecule has 18 heavy (non-hydrogen) atoms. The molecule has 0 aliphatic carbocycles. The molecule has 0 saturated carbocycles. The highest BCUT2D eigenvalue weighted by molar-refractivity contribution is 8.76. The van der Waals surface area contributed by atoms with Crippen LogP contribution in [-0.4, -0.2) is 49.7 Å². The van der Waals surface area contributed by atoms with E-state index in [1.807, 2.05) is 0 Å². The molecule has 0 aromatic rings. The molecule has 2 N–H and O–H groups in total. The molecule has 2 unspecified atom stereocenters. The van der Waals surface area contributed by atoms with Crippen LogP contribution in [0, 0.1) is 0 Å². The van der Waals surface area contributed by atoms with Gasteiger partial charge < -0.3 is 9.47 Å². The van der Waals surface area contributed by atoms with Gasteiger partial charge in [0.05, 0.1) is 14.2 Å². The number of halogens is 2. The van der Waals surface area contributed by atoms with E-state index < -0.39 is 24.0 Å². The molecule has 0 saturated heterocycles. The lowest BCUT2D eigenvalue weighted by Crippen LogP contribution is -2.35. The van der Waals surface area contributed by atoms with E-state index in [9.17, 15) is 9.59 Å². The van der Waals surface area contributed by atoms with Gasteiger partial charge in [-0.1, -0.05) is 21.6 Å². The maximum Gasteiger partial charge on any atom is 0.325 e. The second-order valence-electron chi connectivity index (χ2n) is 2.94. The lowest BCUT2D eigenvalue weighted by molar-refractivity contribution is -0.142. The number of carbonyl (C=O) groups excluding carboxylic acids is 2. The van der Waals surface area contributed by atoms with Gasteiger partial charge in [0.15, 0.2) is 0 Å². The molecule has 2 atom stereocenters. The minimum Gasteiger partial charge on any atom is -0.468 e. The van der Waals surface area contributed by atoms with E-state index in [1.54, 1.807) is 0 Å². The molecular formula is C8H14Cl2N2O4S2. The summed E-state index contributed by atoms with van der Waals surface area (Å²) in [6.45, 7) is 0. The highest BCUT2D eigenvalue weighted by Gasteiger charge is 2.20. The van der Waals surface area contributed by atoms with Gasteiger partial charge >= 0.3 is 11.9 Å². The number of hydrogen-bond donors (Lipinski definition) is 2. The molecule has 0 amide bonds. The first-order chi connectivity index (χ1) is 8.60. The van der Waals surface area contributed by atoms with Gasteiger partial charge in [0.2, 0.25) is 0 Å². The molecule has 106 valence electrons. The van der Waals surface area contributed by atoms with Gasteiger partial charge in [0, 0.05) is 11.5 Å². The summed E-state index contributed by atoms with van der Waals surface area (Å²) in [6, 6.07) is -1.20. The summed E-state index contributed by atoms with van der Waals surface area (Å²) in [5.41, 5.74) is 0. The maximum absolute atomic E-state index is 11.2. The Morgan fingerprint density at radius 3 is 1.56 bits per heavy atom. The van der Waals surface area contributed by atoms with Crippen LogP contribution in [0.4, 0.5) is 0 Å². The fourth-order valence-corrected chi connectivity index (χ4v) is 3.62. The number of nitrogens with one attached hydrogen (secondary N) is 2. The van der Waals surface area contributed by atoms with Crippen LogP contribution in [0.5, 0.6) is 0 Å². The predicted molar refractivity (Wildman–Crippen MR) is 74.5 cm³/mol. The van der Waals surface area contributed by atoms with Gasteiger partial charge in [-0.2, -0.15) is 0 Å². The van der Waals surface area contributed by atoms with Crippen LogP contribution >= 0.6 is 45.1 Å². The van der Waals surface area contributed by atoms with Crippen molar-refractivity contribution in [2.75, 3.05) is 25.7 Å². The number of carbonyl (C=O) groups is 2. The third kappa shape index (κ3) is 6.91. The summed E-state index contributed by atoms with van der Waals surface area (Å²) in [6.07, 6.45) is 0. The van der Waals surface area contributed by atoms with Crippen LogP contribution in [0.3, 0.4) is 0 Å². The largest absolute Gasteiger partial charge is 0.468 e. The monoisotopic (exact) mass is 336 g/mol. The lowest BCUT2D eigenvalue weighted by atomic mass is 10.4.